The van der Waals surface area contributed by atoms with Crippen molar-refractivity contribution < 1.29 is 4.74 Å². The summed E-state index contributed by atoms with van der Waals surface area (Å²) >= 11 is 0. The highest BCUT2D eigenvalue weighted by atomic mass is 16.5. The fourth-order valence-electron chi connectivity index (χ4n) is 3.28. The van der Waals surface area contributed by atoms with Crippen LogP contribution < -0.4 is 5.32 Å². The molecule has 0 spiro atoms. The number of anilines is 1. The van der Waals surface area contributed by atoms with Crippen LogP contribution in [0.4, 0.5) is 5.82 Å². The van der Waals surface area contributed by atoms with Crippen LogP contribution in [0.1, 0.15) is 43.8 Å². The molecule has 2 saturated heterocycles. The molecule has 0 aromatic carbocycles. The van der Waals surface area contributed by atoms with E-state index in [4.69, 9.17) is 9.72 Å². The van der Waals surface area contributed by atoms with Crippen LogP contribution in [0, 0.1) is 5.92 Å². The average molecular weight is 290 g/mol. The number of nitrogens with one attached hydrogen (secondary N) is 1. The molecule has 5 heteroatoms. The van der Waals surface area contributed by atoms with Crippen LogP contribution in [0.25, 0.3) is 0 Å². The summed E-state index contributed by atoms with van der Waals surface area (Å²) in [6, 6.07) is 0.427. The van der Waals surface area contributed by atoms with E-state index in [1.54, 1.807) is 0 Å². The number of likely N-dealkylation sites (tertiary alicyclic amines) is 1. The molecule has 2 fully saturated rings. The van der Waals surface area contributed by atoms with Gasteiger partial charge in [-0.1, -0.05) is 6.42 Å². The Morgan fingerprint density at radius 2 is 2.10 bits per heavy atom. The van der Waals surface area contributed by atoms with Gasteiger partial charge in [0.2, 0.25) is 0 Å². The maximum Gasteiger partial charge on any atom is 0.144 e. The average Bonchev–Trinajstić information content (AvgIpc) is 2.55. The summed E-state index contributed by atoms with van der Waals surface area (Å²) in [5, 5.41) is 3.46. The Kier molecular flexibility index (Phi) is 5.04. The molecule has 0 radical (unpaired) electrons. The van der Waals surface area contributed by atoms with Crippen molar-refractivity contribution in [3.8, 4) is 0 Å². The predicted octanol–water partition coefficient (Wildman–Crippen LogP) is 2.47. The third-order valence-corrected chi connectivity index (χ3v) is 4.68. The topological polar surface area (TPSA) is 50.3 Å². The standard InChI is InChI=1S/C16H26N4O/c1-20-7-3-2-4-15(20)14-11-17-12-16(19-14)18-10-13-5-8-21-9-6-13/h11-13,15H,2-10H2,1H3,(H,18,19)/t15-/m1/s1. The molecule has 2 aliphatic rings. The molecule has 0 saturated carbocycles. The fraction of sp³-hybridized carbons (Fsp3) is 0.750. The lowest BCUT2D eigenvalue weighted by Gasteiger charge is -2.31. The van der Waals surface area contributed by atoms with Gasteiger partial charge in [-0.3, -0.25) is 9.88 Å². The van der Waals surface area contributed by atoms with Crippen molar-refractivity contribution in [1.29, 1.82) is 0 Å². The van der Waals surface area contributed by atoms with Crippen LogP contribution in [0.15, 0.2) is 12.4 Å². The molecular formula is C16H26N4O. The van der Waals surface area contributed by atoms with Crippen LogP contribution in [0.5, 0.6) is 0 Å². The molecular weight excluding hydrogens is 264 g/mol. The zero-order valence-corrected chi connectivity index (χ0v) is 12.9. The molecule has 2 aliphatic heterocycles. The van der Waals surface area contributed by atoms with Gasteiger partial charge in [0, 0.05) is 19.8 Å². The van der Waals surface area contributed by atoms with Crippen molar-refractivity contribution in [3.05, 3.63) is 18.1 Å². The second-order valence-corrected chi connectivity index (χ2v) is 6.26. The van der Waals surface area contributed by atoms with E-state index in [2.05, 4.69) is 22.2 Å². The van der Waals surface area contributed by atoms with Crippen LogP contribution >= 0.6 is 0 Å². The van der Waals surface area contributed by atoms with Crippen LogP contribution in [-0.2, 0) is 4.74 Å². The molecule has 1 N–H and O–H groups in total. The summed E-state index contributed by atoms with van der Waals surface area (Å²) in [5.74, 6) is 1.61. The van der Waals surface area contributed by atoms with Gasteiger partial charge < -0.3 is 10.1 Å². The molecule has 1 aromatic heterocycles. The van der Waals surface area contributed by atoms with Gasteiger partial charge in [0.25, 0.3) is 0 Å². The third kappa shape index (κ3) is 3.92. The normalized spacial score (nSPS) is 24.9. The molecule has 3 rings (SSSR count). The number of piperidine rings is 1. The second-order valence-electron chi connectivity index (χ2n) is 6.26. The maximum absolute atomic E-state index is 5.40. The van der Waals surface area contributed by atoms with Crippen molar-refractivity contribution in [2.45, 2.75) is 38.1 Å². The number of hydrogen-bond donors (Lipinski definition) is 1. The van der Waals surface area contributed by atoms with Gasteiger partial charge in [-0.25, -0.2) is 4.98 Å². The van der Waals surface area contributed by atoms with E-state index in [1.165, 1.54) is 19.3 Å². The zero-order chi connectivity index (χ0) is 14.5. The van der Waals surface area contributed by atoms with Crippen molar-refractivity contribution in [2.24, 2.45) is 5.92 Å². The lowest BCUT2D eigenvalue weighted by atomic mass is 10.00. The molecule has 5 nitrogen and oxygen atoms in total. The van der Waals surface area contributed by atoms with E-state index >= 15 is 0 Å². The van der Waals surface area contributed by atoms with Gasteiger partial charge in [0.15, 0.2) is 0 Å². The van der Waals surface area contributed by atoms with Gasteiger partial charge in [0.05, 0.1) is 24.1 Å². The van der Waals surface area contributed by atoms with Gasteiger partial charge in [-0.15, -0.1) is 0 Å². The SMILES string of the molecule is CN1CCCC[C@@H]1c1cncc(NCC2CCOCC2)n1. The molecule has 0 unspecified atom stereocenters. The first-order valence-electron chi connectivity index (χ1n) is 8.17. The highest BCUT2D eigenvalue weighted by Gasteiger charge is 2.22. The minimum absolute atomic E-state index is 0.427. The summed E-state index contributed by atoms with van der Waals surface area (Å²) in [7, 11) is 2.19. The smallest absolute Gasteiger partial charge is 0.144 e. The van der Waals surface area contributed by atoms with Crippen LogP contribution in [0.2, 0.25) is 0 Å². The summed E-state index contributed by atoms with van der Waals surface area (Å²) in [4.78, 5) is 11.6. The number of rotatable bonds is 4. The first-order chi connectivity index (χ1) is 10.3. The van der Waals surface area contributed by atoms with Gasteiger partial charge in [-0.2, -0.15) is 0 Å². The minimum atomic E-state index is 0.427. The maximum atomic E-state index is 5.40. The third-order valence-electron chi connectivity index (χ3n) is 4.68. The Morgan fingerprint density at radius 1 is 1.24 bits per heavy atom. The summed E-state index contributed by atoms with van der Waals surface area (Å²) in [6.07, 6.45) is 9.82. The van der Waals surface area contributed by atoms with E-state index in [9.17, 15) is 0 Å². The minimum Gasteiger partial charge on any atom is -0.381 e. The Hall–Kier alpha value is -1.20. The number of aromatic nitrogens is 2. The molecule has 0 bridgehead atoms. The summed E-state index contributed by atoms with van der Waals surface area (Å²) in [5.41, 5.74) is 1.11. The molecule has 1 atom stereocenters. The molecule has 0 aliphatic carbocycles. The summed E-state index contributed by atoms with van der Waals surface area (Å²) in [6.45, 7) is 3.92. The van der Waals surface area contributed by atoms with Crippen molar-refractivity contribution in [2.75, 3.05) is 38.7 Å². The zero-order valence-electron chi connectivity index (χ0n) is 12.9. The number of hydrogen-bond acceptors (Lipinski definition) is 5. The largest absolute Gasteiger partial charge is 0.381 e. The van der Waals surface area contributed by atoms with E-state index < -0.39 is 0 Å². The first-order valence-corrected chi connectivity index (χ1v) is 8.17. The van der Waals surface area contributed by atoms with Crippen LogP contribution in [-0.4, -0.2) is 48.2 Å². The molecule has 3 heterocycles. The van der Waals surface area contributed by atoms with E-state index in [0.717, 1.165) is 50.7 Å². The van der Waals surface area contributed by atoms with Gasteiger partial charge >= 0.3 is 0 Å². The lowest BCUT2D eigenvalue weighted by Crippen LogP contribution is -2.30. The highest BCUT2D eigenvalue weighted by Crippen LogP contribution is 2.28. The molecule has 116 valence electrons. The monoisotopic (exact) mass is 290 g/mol. The van der Waals surface area contributed by atoms with Crippen molar-refractivity contribution in [1.82, 2.24) is 14.9 Å². The highest BCUT2D eigenvalue weighted by molar-refractivity contribution is 5.32. The molecule has 21 heavy (non-hydrogen) atoms. The Bertz CT molecular complexity index is 448. The lowest BCUT2D eigenvalue weighted by molar-refractivity contribution is 0.0699. The fourth-order valence-corrected chi connectivity index (χ4v) is 3.28. The number of nitrogens with zero attached hydrogens (tertiary/aromatic N) is 3. The van der Waals surface area contributed by atoms with E-state index in [0.29, 0.717) is 12.0 Å². The Morgan fingerprint density at radius 3 is 2.90 bits per heavy atom. The summed E-state index contributed by atoms with van der Waals surface area (Å²) < 4.78 is 5.40. The van der Waals surface area contributed by atoms with Crippen LogP contribution in [0.3, 0.4) is 0 Å². The molecule has 1 aromatic rings. The van der Waals surface area contributed by atoms with Gasteiger partial charge in [0.1, 0.15) is 5.82 Å². The predicted molar refractivity (Wildman–Crippen MR) is 83.3 cm³/mol. The number of ether oxygens (including phenoxy) is 1. The molecule has 0 amide bonds. The van der Waals surface area contributed by atoms with E-state index in [-0.39, 0.29) is 0 Å². The quantitative estimate of drug-likeness (QED) is 0.923. The Labute approximate surface area is 127 Å². The van der Waals surface area contributed by atoms with Gasteiger partial charge in [-0.05, 0) is 45.2 Å². The van der Waals surface area contributed by atoms with E-state index in [1.807, 2.05) is 12.4 Å². The Balaban J connectivity index is 1.59. The van der Waals surface area contributed by atoms with Crippen molar-refractivity contribution >= 4 is 5.82 Å². The second kappa shape index (κ2) is 7.18. The van der Waals surface area contributed by atoms with Crippen molar-refractivity contribution in [3.63, 3.8) is 0 Å². The first kappa shape index (κ1) is 14.7.